The molecule has 124 valence electrons. The lowest BCUT2D eigenvalue weighted by Gasteiger charge is -2.14. The highest BCUT2D eigenvalue weighted by atomic mass is 16.4. The number of unbranched alkanes of at least 4 members (excludes halogenated alkanes) is 1. The molecular weight excluding hydrogens is 306 g/mol. The van der Waals surface area contributed by atoms with Gasteiger partial charge in [-0.1, -0.05) is 50.1 Å². The van der Waals surface area contributed by atoms with Crippen LogP contribution in [-0.2, 0) is 4.79 Å². The lowest BCUT2D eigenvalue weighted by atomic mass is 10.1. The van der Waals surface area contributed by atoms with Gasteiger partial charge < -0.3 is 10.4 Å². The maximum atomic E-state index is 11.4. The smallest absolute Gasteiger partial charge is 0.326 e. The summed E-state index contributed by atoms with van der Waals surface area (Å²) in [6, 6.07) is 12.5. The van der Waals surface area contributed by atoms with Gasteiger partial charge in [0.25, 0.3) is 0 Å². The van der Waals surface area contributed by atoms with Gasteiger partial charge in [-0.05, 0) is 18.6 Å². The third-order valence-corrected chi connectivity index (χ3v) is 3.76. The van der Waals surface area contributed by atoms with Gasteiger partial charge in [-0.3, -0.25) is 0 Å². The van der Waals surface area contributed by atoms with Gasteiger partial charge in [0.05, 0.1) is 0 Å². The van der Waals surface area contributed by atoms with Crippen LogP contribution in [0.1, 0.15) is 26.2 Å². The Morgan fingerprint density at radius 2 is 2.00 bits per heavy atom. The van der Waals surface area contributed by atoms with E-state index in [1.54, 1.807) is 16.6 Å². The van der Waals surface area contributed by atoms with E-state index in [2.05, 4.69) is 20.6 Å². The topological polar surface area (TPSA) is 92.4 Å². The molecule has 0 saturated carbocycles. The summed E-state index contributed by atoms with van der Waals surface area (Å²) in [6.45, 7) is 2.03. The van der Waals surface area contributed by atoms with E-state index in [0.717, 1.165) is 18.4 Å². The van der Waals surface area contributed by atoms with Crippen LogP contribution in [-0.4, -0.2) is 36.9 Å². The second kappa shape index (κ2) is 7.08. The van der Waals surface area contributed by atoms with E-state index in [1.165, 1.54) is 0 Å². The lowest BCUT2D eigenvalue weighted by molar-refractivity contribution is -0.138. The second-order valence-corrected chi connectivity index (χ2v) is 5.56. The van der Waals surface area contributed by atoms with E-state index in [9.17, 15) is 9.90 Å². The average Bonchev–Trinajstić information content (AvgIpc) is 3.02. The van der Waals surface area contributed by atoms with Crippen molar-refractivity contribution in [1.29, 1.82) is 0 Å². The highest BCUT2D eigenvalue weighted by molar-refractivity contribution is 5.76. The molecule has 3 aromatic rings. The molecular formula is C17H19N5O2. The van der Waals surface area contributed by atoms with Crippen molar-refractivity contribution in [3.8, 4) is 11.4 Å². The monoisotopic (exact) mass is 325 g/mol. The van der Waals surface area contributed by atoms with Crippen LogP contribution in [0.3, 0.4) is 0 Å². The van der Waals surface area contributed by atoms with Crippen molar-refractivity contribution in [1.82, 2.24) is 19.8 Å². The SMILES string of the molecule is CCCC[C@H](Nc1ccc2nnc(-c3ccccc3)n2n1)C(=O)O. The van der Waals surface area contributed by atoms with Gasteiger partial charge in [0, 0.05) is 5.56 Å². The molecule has 0 fully saturated rings. The molecule has 7 heteroatoms. The minimum absolute atomic E-state index is 0.489. The van der Waals surface area contributed by atoms with Crippen molar-refractivity contribution in [3.63, 3.8) is 0 Å². The van der Waals surface area contributed by atoms with Crippen LogP contribution in [0.5, 0.6) is 0 Å². The summed E-state index contributed by atoms with van der Waals surface area (Å²) in [4.78, 5) is 11.4. The number of carbonyl (C=O) groups is 1. The molecule has 0 aliphatic rings. The number of nitrogens with zero attached hydrogens (tertiary/aromatic N) is 4. The van der Waals surface area contributed by atoms with E-state index in [0.29, 0.717) is 23.7 Å². The van der Waals surface area contributed by atoms with Crippen molar-refractivity contribution in [2.75, 3.05) is 5.32 Å². The van der Waals surface area contributed by atoms with Crippen LogP contribution in [0.2, 0.25) is 0 Å². The Morgan fingerprint density at radius 3 is 2.71 bits per heavy atom. The molecule has 1 atom stereocenters. The van der Waals surface area contributed by atoms with Crippen molar-refractivity contribution < 1.29 is 9.90 Å². The third-order valence-electron chi connectivity index (χ3n) is 3.76. The van der Waals surface area contributed by atoms with Crippen LogP contribution in [0.15, 0.2) is 42.5 Å². The summed E-state index contributed by atoms with van der Waals surface area (Å²) in [5.41, 5.74) is 1.51. The van der Waals surface area contributed by atoms with Gasteiger partial charge in [0.15, 0.2) is 11.5 Å². The number of aromatic nitrogens is 4. The van der Waals surface area contributed by atoms with Gasteiger partial charge in [-0.2, -0.15) is 4.52 Å². The quantitative estimate of drug-likeness (QED) is 0.694. The van der Waals surface area contributed by atoms with Crippen LogP contribution in [0.25, 0.3) is 17.0 Å². The molecule has 7 nitrogen and oxygen atoms in total. The standard InChI is InChI=1S/C17H19N5O2/c1-2-3-9-13(17(23)24)18-14-10-11-15-19-20-16(22(15)21-14)12-7-5-4-6-8-12/h4-8,10-11,13H,2-3,9H2,1H3,(H,18,21)(H,23,24)/t13-/m0/s1. The largest absolute Gasteiger partial charge is 0.480 e. The summed E-state index contributed by atoms with van der Waals surface area (Å²) in [7, 11) is 0. The minimum Gasteiger partial charge on any atom is -0.480 e. The van der Waals surface area contributed by atoms with E-state index < -0.39 is 12.0 Å². The first kappa shape index (κ1) is 15.9. The molecule has 0 spiro atoms. The maximum absolute atomic E-state index is 11.4. The van der Waals surface area contributed by atoms with Crippen molar-refractivity contribution in [3.05, 3.63) is 42.5 Å². The molecule has 0 saturated heterocycles. The summed E-state index contributed by atoms with van der Waals surface area (Å²) in [6.07, 6.45) is 2.34. The number of nitrogens with one attached hydrogen (secondary N) is 1. The predicted molar refractivity (Wildman–Crippen MR) is 90.8 cm³/mol. The first-order valence-corrected chi connectivity index (χ1v) is 7.96. The number of benzene rings is 1. The first-order chi connectivity index (χ1) is 11.7. The Labute approximate surface area is 139 Å². The van der Waals surface area contributed by atoms with Gasteiger partial charge in [-0.25, -0.2) is 4.79 Å². The van der Waals surface area contributed by atoms with Gasteiger partial charge in [0.1, 0.15) is 11.9 Å². The molecule has 1 aromatic carbocycles. The number of carboxylic acid groups (broad SMARTS) is 1. The highest BCUT2D eigenvalue weighted by Gasteiger charge is 2.18. The van der Waals surface area contributed by atoms with Crippen LogP contribution in [0.4, 0.5) is 5.82 Å². The number of carboxylic acids is 1. The number of aliphatic carboxylic acids is 1. The number of rotatable bonds is 7. The molecule has 2 heterocycles. The lowest BCUT2D eigenvalue weighted by Crippen LogP contribution is -2.29. The number of hydrogen-bond acceptors (Lipinski definition) is 5. The minimum atomic E-state index is -0.877. The van der Waals surface area contributed by atoms with Crippen LogP contribution >= 0.6 is 0 Å². The van der Waals surface area contributed by atoms with E-state index in [-0.39, 0.29) is 0 Å². The van der Waals surface area contributed by atoms with Crippen molar-refractivity contribution in [2.45, 2.75) is 32.2 Å². The zero-order chi connectivity index (χ0) is 16.9. The van der Waals surface area contributed by atoms with E-state index >= 15 is 0 Å². The third kappa shape index (κ3) is 3.34. The van der Waals surface area contributed by atoms with Gasteiger partial charge >= 0.3 is 5.97 Å². The maximum Gasteiger partial charge on any atom is 0.326 e. The Bertz CT molecular complexity index is 831. The van der Waals surface area contributed by atoms with Crippen LogP contribution < -0.4 is 5.32 Å². The number of hydrogen-bond donors (Lipinski definition) is 2. The van der Waals surface area contributed by atoms with Crippen LogP contribution in [0, 0.1) is 0 Å². The zero-order valence-corrected chi connectivity index (χ0v) is 13.4. The average molecular weight is 325 g/mol. The van der Waals surface area contributed by atoms with Crippen molar-refractivity contribution in [2.24, 2.45) is 0 Å². The number of fused-ring (bicyclic) bond motifs is 1. The zero-order valence-electron chi connectivity index (χ0n) is 13.4. The Morgan fingerprint density at radius 1 is 1.21 bits per heavy atom. The predicted octanol–water partition coefficient (Wildman–Crippen LogP) is 2.85. The molecule has 0 radical (unpaired) electrons. The Kier molecular flexibility index (Phi) is 4.69. The molecule has 0 amide bonds. The van der Waals surface area contributed by atoms with E-state index in [1.807, 2.05) is 37.3 Å². The number of anilines is 1. The highest BCUT2D eigenvalue weighted by Crippen LogP contribution is 2.18. The van der Waals surface area contributed by atoms with Gasteiger partial charge in [-0.15, -0.1) is 15.3 Å². The fraction of sp³-hybridized carbons (Fsp3) is 0.294. The van der Waals surface area contributed by atoms with Gasteiger partial charge in [0.2, 0.25) is 0 Å². The molecule has 2 aromatic heterocycles. The summed E-state index contributed by atoms with van der Waals surface area (Å²) in [5.74, 6) is 0.232. The molecule has 0 aliphatic heterocycles. The Balaban J connectivity index is 1.91. The molecule has 2 N–H and O–H groups in total. The molecule has 0 bridgehead atoms. The summed E-state index contributed by atoms with van der Waals surface area (Å²) in [5, 5.41) is 25.1. The normalized spacial score (nSPS) is 12.2. The molecule has 0 aliphatic carbocycles. The summed E-state index contributed by atoms with van der Waals surface area (Å²) < 4.78 is 1.62. The van der Waals surface area contributed by atoms with E-state index in [4.69, 9.17) is 0 Å². The van der Waals surface area contributed by atoms with Crippen molar-refractivity contribution >= 4 is 17.4 Å². The second-order valence-electron chi connectivity index (χ2n) is 5.56. The summed E-state index contributed by atoms with van der Waals surface area (Å²) >= 11 is 0. The first-order valence-electron chi connectivity index (χ1n) is 7.96. The molecule has 3 rings (SSSR count). The Hall–Kier alpha value is -2.96. The molecule has 24 heavy (non-hydrogen) atoms. The molecule has 0 unspecified atom stereocenters. The fourth-order valence-electron chi connectivity index (χ4n) is 2.48. The fourth-order valence-corrected chi connectivity index (χ4v) is 2.48.